The maximum Gasteiger partial charge on any atom is 0.158 e. The molecule has 0 aromatic rings. The summed E-state index contributed by atoms with van der Waals surface area (Å²) in [5.41, 5.74) is 0. The monoisotopic (exact) mass is 156 g/mol. The molecule has 1 fully saturated rings. The first-order valence-corrected chi connectivity index (χ1v) is 3.74. The molecule has 0 aliphatic carbocycles. The number of rotatable bonds is 1. The van der Waals surface area contributed by atoms with Crippen LogP contribution in [0.1, 0.15) is 6.92 Å². The number of aliphatic hydroxyl groups is 1. The summed E-state index contributed by atoms with van der Waals surface area (Å²) in [5.74, 6) is 0.615. The van der Waals surface area contributed by atoms with Gasteiger partial charge in [0.1, 0.15) is 18.0 Å². The van der Waals surface area contributed by atoms with Crippen LogP contribution >= 0.6 is 0 Å². The van der Waals surface area contributed by atoms with E-state index in [0.29, 0.717) is 5.76 Å². The molecule has 1 aliphatic rings. The number of aliphatic hydroxyl groups excluding tert-OH is 1. The van der Waals surface area contributed by atoms with Gasteiger partial charge in [-0.05, 0) is 13.0 Å². The van der Waals surface area contributed by atoms with Gasteiger partial charge in [-0.15, -0.1) is 0 Å². The minimum atomic E-state index is -0.597. The van der Waals surface area contributed by atoms with Crippen molar-refractivity contribution in [3.8, 4) is 0 Å². The summed E-state index contributed by atoms with van der Waals surface area (Å²) in [6.07, 6.45) is 0.946. The van der Waals surface area contributed by atoms with Crippen molar-refractivity contribution in [3.63, 3.8) is 0 Å². The Balaban J connectivity index is 2.71. The van der Waals surface area contributed by atoms with E-state index in [1.54, 1.807) is 13.2 Å². The fraction of sp³-hybridized carbons (Fsp3) is 0.714. The lowest BCUT2D eigenvalue weighted by Crippen LogP contribution is -2.31. The average Bonchev–Trinajstić information content (AvgIpc) is 2.26. The van der Waals surface area contributed by atoms with E-state index in [0.717, 1.165) is 0 Å². The second-order valence-electron chi connectivity index (χ2n) is 2.66. The summed E-state index contributed by atoms with van der Waals surface area (Å²) >= 11 is 0. The molecule has 1 heterocycles. The lowest BCUT2D eigenvalue weighted by molar-refractivity contribution is 0.0141. The molecular weight excluding hydrogens is 143 g/mol. The number of hydrogen-bond donors (Lipinski definition) is 1. The number of hydrogen-bond acceptors (Lipinski definition) is 3. The molecule has 0 saturated carbocycles. The molecule has 3 atom stereocenters. The van der Waals surface area contributed by atoms with E-state index in [1.165, 1.54) is 0 Å². The third kappa shape index (κ3) is 1.41. The van der Waals surface area contributed by atoms with Gasteiger partial charge in [0.2, 0.25) is 0 Å². The van der Waals surface area contributed by atoms with E-state index >= 15 is 0 Å². The zero-order chi connectivity index (χ0) is 8.43. The second kappa shape index (κ2) is 3.28. The lowest BCUT2D eigenvalue weighted by atomic mass is 9.93. The fourth-order valence-corrected chi connectivity index (χ4v) is 1.33. The minimum Gasteiger partial charge on any atom is -0.499 e. The Hall–Kier alpha value is -0.475. The first-order valence-electron chi connectivity index (χ1n) is 3.74. The minimum absolute atomic E-state index is 0.0544. The zero-order valence-corrected chi connectivity index (χ0v) is 7.07. The molecule has 1 saturated heterocycles. The van der Waals surface area contributed by atoms with Crippen LogP contribution in [0.2, 0.25) is 0 Å². The van der Waals surface area contributed by atoms with Gasteiger partial charge in [-0.2, -0.15) is 0 Å². The van der Waals surface area contributed by atoms with Gasteiger partial charge in [0.25, 0.3) is 0 Å². The largest absolute Gasteiger partial charge is 0.499 e. The highest BCUT2D eigenvalue weighted by Gasteiger charge is 2.37. The van der Waals surface area contributed by atoms with Crippen LogP contribution in [0, 0.1) is 0 Å². The Kier molecular flexibility index (Phi) is 2.57. The molecule has 3 nitrogen and oxygen atoms in total. The predicted octanol–water partition coefficient (Wildman–Crippen LogP) is -0.745. The number of methoxy groups -OCH3 is 1. The molecule has 4 heteroatoms. The van der Waals surface area contributed by atoms with Gasteiger partial charge >= 0.3 is 0 Å². The van der Waals surface area contributed by atoms with Crippen molar-refractivity contribution >= 4 is 7.85 Å². The predicted molar refractivity (Wildman–Crippen MR) is 44.0 cm³/mol. The SMILES string of the molecule is BC1OC(=CC)[C@@H](O)[C@H]1OC. The summed E-state index contributed by atoms with van der Waals surface area (Å²) in [4.78, 5) is 0. The van der Waals surface area contributed by atoms with E-state index in [2.05, 4.69) is 0 Å². The van der Waals surface area contributed by atoms with Gasteiger partial charge in [0.05, 0.1) is 6.00 Å². The van der Waals surface area contributed by atoms with E-state index in [4.69, 9.17) is 9.47 Å². The van der Waals surface area contributed by atoms with E-state index in [9.17, 15) is 5.11 Å². The van der Waals surface area contributed by atoms with Crippen molar-refractivity contribution in [3.05, 3.63) is 11.8 Å². The molecule has 11 heavy (non-hydrogen) atoms. The number of allylic oxidation sites excluding steroid dienone is 1. The maximum absolute atomic E-state index is 9.50. The second-order valence-corrected chi connectivity index (χ2v) is 2.66. The van der Waals surface area contributed by atoms with Gasteiger partial charge in [0.15, 0.2) is 7.85 Å². The van der Waals surface area contributed by atoms with Crippen LogP contribution in [-0.2, 0) is 9.47 Å². The van der Waals surface area contributed by atoms with Crippen LogP contribution in [-0.4, -0.2) is 38.3 Å². The first-order chi connectivity index (χ1) is 5.20. The summed E-state index contributed by atoms with van der Waals surface area (Å²) < 4.78 is 10.4. The van der Waals surface area contributed by atoms with Crippen LogP contribution in [0.3, 0.4) is 0 Å². The molecule has 62 valence electrons. The highest BCUT2D eigenvalue weighted by Crippen LogP contribution is 2.24. The Morgan fingerprint density at radius 3 is 2.64 bits per heavy atom. The number of ether oxygens (including phenoxy) is 2. The lowest BCUT2D eigenvalue weighted by Gasteiger charge is -2.12. The topological polar surface area (TPSA) is 38.7 Å². The molecule has 1 N–H and O–H groups in total. The maximum atomic E-state index is 9.50. The standard InChI is InChI=1S/C7H13BO3/c1-3-4-5(9)6(10-2)7(8)11-4/h3,5-7,9H,8H2,1-2H3/t5-,6-,7?/m1/s1. The average molecular weight is 156 g/mol. The summed E-state index contributed by atoms with van der Waals surface area (Å²) in [7, 11) is 3.46. The van der Waals surface area contributed by atoms with Gasteiger partial charge in [-0.1, -0.05) is 0 Å². The third-order valence-electron chi connectivity index (χ3n) is 1.94. The molecule has 1 unspecified atom stereocenters. The van der Waals surface area contributed by atoms with Crippen LogP contribution in [0.15, 0.2) is 11.8 Å². The van der Waals surface area contributed by atoms with Crippen molar-refractivity contribution in [1.82, 2.24) is 0 Å². The quantitative estimate of drug-likeness (QED) is 0.508. The van der Waals surface area contributed by atoms with Gasteiger partial charge in [-0.25, -0.2) is 0 Å². The van der Waals surface area contributed by atoms with Gasteiger partial charge < -0.3 is 14.6 Å². The smallest absolute Gasteiger partial charge is 0.158 e. The summed E-state index contributed by atoms with van der Waals surface area (Å²) in [5, 5.41) is 9.50. The molecule has 0 aromatic carbocycles. The summed E-state index contributed by atoms with van der Waals surface area (Å²) in [6.45, 7) is 1.84. The van der Waals surface area contributed by atoms with Gasteiger partial charge in [-0.3, -0.25) is 0 Å². The Labute approximate surface area is 67.4 Å². The van der Waals surface area contributed by atoms with Crippen molar-refractivity contribution < 1.29 is 14.6 Å². The molecular formula is C7H13BO3. The van der Waals surface area contributed by atoms with Crippen molar-refractivity contribution in [1.29, 1.82) is 0 Å². The van der Waals surface area contributed by atoms with E-state index in [-0.39, 0.29) is 12.1 Å². The normalized spacial score (nSPS) is 41.0. The molecule has 1 rings (SSSR count). The molecule has 0 aromatic heterocycles. The Bertz CT molecular complexity index is 169. The van der Waals surface area contributed by atoms with Crippen molar-refractivity contribution in [2.45, 2.75) is 25.1 Å². The molecule has 0 bridgehead atoms. The van der Waals surface area contributed by atoms with Crippen LogP contribution in [0.4, 0.5) is 0 Å². The molecule has 0 radical (unpaired) electrons. The molecule has 0 spiro atoms. The van der Waals surface area contributed by atoms with Gasteiger partial charge in [0, 0.05) is 7.11 Å². The van der Waals surface area contributed by atoms with Crippen molar-refractivity contribution in [2.75, 3.05) is 7.11 Å². The zero-order valence-electron chi connectivity index (χ0n) is 7.07. The van der Waals surface area contributed by atoms with Crippen LogP contribution in [0.5, 0.6) is 0 Å². The molecule has 0 amide bonds. The van der Waals surface area contributed by atoms with Crippen LogP contribution in [0.25, 0.3) is 0 Å². The third-order valence-corrected chi connectivity index (χ3v) is 1.94. The van der Waals surface area contributed by atoms with Crippen LogP contribution < -0.4 is 0 Å². The van der Waals surface area contributed by atoms with E-state index < -0.39 is 6.10 Å². The molecule has 1 aliphatic heterocycles. The van der Waals surface area contributed by atoms with E-state index in [1.807, 2.05) is 14.8 Å². The highest BCUT2D eigenvalue weighted by molar-refractivity contribution is 6.11. The summed E-state index contributed by atoms with van der Waals surface area (Å²) in [6, 6.07) is -0.0544. The fourth-order valence-electron chi connectivity index (χ4n) is 1.33. The highest BCUT2D eigenvalue weighted by atomic mass is 16.6. The van der Waals surface area contributed by atoms with Crippen molar-refractivity contribution in [2.24, 2.45) is 0 Å². The first kappa shape index (κ1) is 8.62. The Morgan fingerprint density at radius 2 is 2.36 bits per heavy atom. The Morgan fingerprint density at radius 1 is 1.73 bits per heavy atom.